The van der Waals surface area contributed by atoms with E-state index >= 15 is 0 Å². The number of aliphatic carboxylic acids is 1. The highest BCUT2D eigenvalue weighted by molar-refractivity contribution is 6.03. The number of aromatic nitrogens is 3. The summed E-state index contributed by atoms with van der Waals surface area (Å²) in [6.45, 7) is 5.10. The number of rotatable bonds is 5. The molecule has 1 unspecified atom stereocenters. The van der Waals surface area contributed by atoms with Crippen LogP contribution in [0.3, 0.4) is 0 Å². The molecule has 0 saturated carbocycles. The zero-order valence-corrected chi connectivity index (χ0v) is 17.7. The molecular formula is C23H27N5O3. The second kappa shape index (κ2) is 10.5. The van der Waals surface area contributed by atoms with Crippen molar-refractivity contribution in [2.75, 3.05) is 18.4 Å². The van der Waals surface area contributed by atoms with Crippen molar-refractivity contribution in [1.82, 2.24) is 20.1 Å². The lowest BCUT2D eigenvalue weighted by Gasteiger charge is -2.11. The molecule has 3 heterocycles. The van der Waals surface area contributed by atoms with Crippen LogP contribution in [0.1, 0.15) is 35.0 Å². The molecule has 3 N–H and O–H groups in total. The highest BCUT2D eigenvalue weighted by atomic mass is 16.4. The van der Waals surface area contributed by atoms with Crippen LogP contribution >= 0.6 is 0 Å². The molecule has 0 radical (unpaired) electrons. The fourth-order valence-corrected chi connectivity index (χ4v) is 3.49. The molecule has 8 nitrogen and oxygen atoms in total. The second-order valence-corrected chi connectivity index (χ2v) is 7.54. The minimum atomic E-state index is -0.833. The first kappa shape index (κ1) is 22.2. The molecule has 0 aliphatic carbocycles. The van der Waals surface area contributed by atoms with E-state index in [0.717, 1.165) is 43.4 Å². The van der Waals surface area contributed by atoms with Crippen molar-refractivity contribution in [2.45, 2.75) is 26.7 Å². The molecule has 3 aromatic rings. The van der Waals surface area contributed by atoms with Crippen LogP contribution in [0.25, 0.3) is 5.69 Å². The molecule has 8 heteroatoms. The van der Waals surface area contributed by atoms with Gasteiger partial charge in [0.2, 0.25) is 0 Å². The summed E-state index contributed by atoms with van der Waals surface area (Å²) in [5.74, 6) is 0.257. The molecule has 1 atom stereocenters. The Morgan fingerprint density at radius 2 is 1.97 bits per heavy atom. The zero-order chi connectivity index (χ0) is 22.2. The fraction of sp³-hybridized carbons (Fsp3) is 0.304. The Morgan fingerprint density at radius 1 is 1.23 bits per heavy atom. The molecule has 1 aromatic carbocycles. The van der Waals surface area contributed by atoms with Gasteiger partial charge in [-0.25, -0.2) is 4.68 Å². The molecule has 1 saturated heterocycles. The van der Waals surface area contributed by atoms with Gasteiger partial charge in [-0.2, -0.15) is 5.10 Å². The van der Waals surface area contributed by atoms with Gasteiger partial charge in [0.05, 0.1) is 16.9 Å². The molecule has 2 aromatic heterocycles. The van der Waals surface area contributed by atoms with Gasteiger partial charge in [0, 0.05) is 25.4 Å². The van der Waals surface area contributed by atoms with Gasteiger partial charge in [-0.05, 0) is 62.5 Å². The van der Waals surface area contributed by atoms with Crippen molar-refractivity contribution < 1.29 is 14.7 Å². The molecule has 31 heavy (non-hydrogen) atoms. The van der Waals surface area contributed by atoms with E-state index in [1.807, 2.05) is 55.6 Å². The maximum Gasteiger partial charge on any atom is 0.300 e. The van der Waals surface area contributed by atoms with E-state index in [-0.39, 0.29) is 5.91 Å². The van der Waals surface area contributed by atoms with E-state index in [1.165, 1.54) is 6.42 Å². The first-order valence-corrected chi connectivity index (χ1v) is 10.2. The molecule has 4 rings (SSSR count). The molecule has 0 spiro atoms. The lowest BCUT2D eigenvalue weighted by atomic mass is 9.99. The van der Waals surface area contributed by atoms with Crippen LogP contribution in [0.5, 0.6) is 0 Å². The number of hydrogen-bond donors (Lipinski definition) is 3. The average molecular weight is 422 g/mol. The highest BCUT2D eigenvalue weighted by Gasteiger charge is 2.17. The van der Waals surface area contributed by atoms with Crippen molar-refractivity contribution in [3.8, 4) is 5.69 Å². The zero-order valence-electron chi connectivity index (χ0n) is 17.7. The summed E-state index contributed by atoms with van der Waals surface area (Å²) in [6, 6.07) is 13.6. The van der Waals surface area contributed by atoms with Gasteiger partial charge in [-0.1, -0.05) is 18.2 Å². The number of carboxylic acid groups (broad SMARTS) is 1. The number of anilines is 1. The number of benzene rings is 1. The average Bonchev–Trinajstić information content (AvgIpc) is 3.38. The Kier molecular flexibility index (Phi) is 7.50. The van der Waals surface area contributed by atoms with E-state index in [4.69, 9.17) is 9.90 Å². The minimum Gasteiger partial charge on any atom is -0.481 e. The van der Waals surface area contributed by atoms with E-state index in [9.17, 15) is 4.79 Å². The summed E-state index contributed by atoms with van der Waals surface area (Å²) in [5, 5.41) is 18.3. The van der Waals surface area contributed by atoms with Crippen molar-refractivity contribution in [3.05, 3.63) is 71.7 Å². The Balaban J connectivity index is 0.000000628. The normalized spacial score (nSPS) is 15.1. The van der Waals surface area contributed by atoms with Gasteiger partial charge >= 0.3 is 0 Å². The molecule has 1 fully saturated rings. The van der Waals surface area contributed by atoms with E-state index in [2.05, 4.69) is 20.7 Å². The summed E-state index contributed by atoms with van der Waals surface area (Å²) in [4.78, 5) is 26.1. The molecular weight excluding hydrogens is 394 g/mol. The number of nitrogens with one attached hydrogen (secondary N) is 2. The quantitative estimate of drug-likeness (QED) is 0.584. The van der Waals surface area contributed by atoms with E-state index < -0.39 is 5.97 Å². The Morgan fingerprint density at radius 3 is 2.65 bits per heavy atom. The number of carbonyl (C=O) groups is 2. The fourth-order valence-electron chi connectivity index (χ4n) is 3.49. The monoisotopic (exact) mass is 421 g/mol. The second-order valence-electron chi connectivity index (χ2n) is 7.54. The van der Waals surface area contributed by atoms with Gasteiger partial charge < -0.3 is 15.7 Å². The Labute approximate surface area is 181 Å². The van der Waals surface area contributed by atoms with Crippen molar-refractivity contribution in [1.29, 1.82) is 0 Å². The number of amides is 1. The largest absolute Gasteiger partial charge is 0.481 e. The van der Waals surface area contributed by atoms with Crippen molar-refractivity contribution in [2.24, 2.45) is 5.92 Å². The molecule has 162 valence electrons. The third-order valence-electron chi connectivity index (χ3n) is 4.82. The lowest BCUT2D eigenvalue weighted by Crippen LogP contribution is -2.16. The number of carboxylic acids is 1. The predicted molar refractivity (Wildman–Crippen MR) is 118 cm³/mol. The SMILES string of the molecule is CC(=O)O.Cc1cc(NC(=O)c2cncc(CC3CCNC3)c2)n(-c2ccccc2)n1. The third-order valence-corrected chi connectivity index (χ3v) is 4.82. The molecule has 0 bridgehead atoms. The van der Waals surface area contributed by atoms with Crippen LogP contribution in [-0.2, 0) is 11.2 Å². The minimum absolute atomic E-state index is 0.175. The standard InChI is InChI=1S/C21H23N5O.C2H4O2/c1-15-9-20(26(25-15)19-5-3-2-4-6-19)24-21(27)18-11-17(13-23-14-18)10-16-7-8-22-12-16;1-2(3)4/h2-6,9,11,13-14,16,22H,7-8,10,12H2,1H3,(H,24,27);1H3,(H,3,4). The summed E-state index contributed by atoms with van der Waals surface area (Å²) in [7, 11) is 0. The summed E-state index contributed by atoms with van der Waals surface area (Å²) in [6.07, 6.45) is 5.59. The molecule has 1 aliphatic rings. The number of hydrogen-bond acceptors (Lipinski definition) is 5. The Hall–Kier alpha value is -3.52. The van der Waals surface area contributed by atoms with Gasteiger partial charge in [0.15, 0.2) is 0 Å². The predicted octanol–water partition coefficient (Wildman–Crippen LogP) is 3.07. The van der Waals surface area contributed by atoms with Crippen LogP contribution < -0.4 is 10.6 Å². The maximum absolute atomic E-state index is 12.8. The number of para-hydroxylation sites is 1. The van der Waals surface area contributed by atoms with E-state index in [1.54, 1.807) is 10.9 Å². The van der Waals surface area contributed by atoms with Gasteiger partial charge in [0.25, 0.3) is 11.9 Å². The van der Waals surface area contributed by atoms with Crippen molar-refractivity contribution >= 4 is 17.7 Å². The summed E-state index contributed by atoms with van der Waals surface area (Å²) in [5.41, 5.74) is 3.41. The number of pyridine rings is 1. The third kappa shape index (κ3) is 6.48. The number of carbonyl (C=O) groups excluding carboxylic acids is 1. The van der Waals surface area contributed by atoms with Gasteiger partial charge in [0.1, 0.15) is 5.82 Å². The number of aryl methyl sites for hydroxylation is 1. The summed E-state index contributed by atoms with van der Waals surface area (Å²) < 4.78 is 1.74. The summed E-state index contributed by atoms with van der Waals surface area (Å²) >= 11 is 0. The van der Waals surface area contributed by atoms with Crippen LogP contribution in [-0.4, -0.2) is 44.8 Å². The Bertz CT molecular complexity index is 1020. The lowest BCUT2D eigenvalue weighted by molar-refractivity contribution is -0.134. The van der Waals surface area contributed by atoms with Crippen LogP contribution in [0, 0.1) is 12.8 Å². The van der Waals surface area contributed by atoms with Crippen LogP contribution in [0.15, 0.2) is 54.9 Å². The van der Waals surface area contributed by atoms with Crippen LogP contribution in [0.2, 0.25) is 0 Å². The smallest absolute Gasteiger partial charge is 0.300 e. The molecule has 1 aliphatic heterocycles. The molecule has 1 amide bonds. The number of nitrogens with zero attached hydrogens (tertiary/aromatic N) is 3. The topological polar surface area (TPSA) is 109 Å². The van der Waals surface area contributed by atoms with Gasteiger partial charge in [-0.3, -0.25) is 14.6 Å². The first-order valence-electron chi connectivity index (χ1n) is 10.2. The van der Waals surface area contributed by atoms with Crippen molar-refractivity contribution in [3.63, 3.8) is 0 Å². The highest BCUT2D eigenvalue weighted by Crippen LogP contribution is 2.19. The van der Waals surface area contributed by atoms with Gasteiger partial charge in [-0.15, -0.1) is 0 Å². The maximum atomic E-state index is 12.8. The first-order chi connectivity index (χ1) is 14.9. The van der Waals surface area contributed by atoms with E-state index in [0.29, 0.717) is 17.3 Å². The van der Waals surface area contributed by atoms with Crippen LogP contribution in [0.4, 0.5) is 5.82 Å².